The molecule has 0 radical (unpaired) electrons. The second-order valence-corrected chi connectivity index (χ2v) is 6.76. The van der Waals surface area contributed by atoms with Gasteiger partial charge in [0.1, 0.15) is 5.75 Å². The van der Waals surface area contributed by atoms with Crippen molar-refractivity contribution in [3.8, 4) is 5.75 Å². The van der Waals surface area contributed by atoms with Gasteiger partial charge in [0.15, 0.2) is 0 Å². The first-order chi connectivity index (χ1) is 10.2. The smallest absolute Gasteiger partial charge is 0.119 e. The number of nitrogens with two attached hydrogens (primary N) is 1. The van der Waals surface area contributed by atoms with Crippen molar-refractivity contribution >= 4 is 31.9 Å². The van der Waals surface area contributed by atoms with Gasteiger partial charge >= 0.3 is 0 Å². The highest BCUT2D eigenvalue weighted by Gasteiger charge is 2.10. The van der Waals surface area contributed by atoms with Gasteiger partial charge in [0.25, 0.3) is 0 Å². The summed E-state index contributed by atoms with van der Waals surface area (Å²) in [6.07, 6.45) is 1.93. The van der Waals surface area contributed by atoms with E-state index in [9.17, 15) is 0 Å². The van der Waals surface area contributed by atoms with Crippen LogP contribution in [0.4, 0.5) is 0 Å². The van der Waals surface area contributed by atoms with Crippen LogP contribution in [0.15, 0.2) is 57.5 Å². The van der Waals surface area contributed by atoms with Crippen LogP contribution < -0.4 is 10.5 Å². The normalized spacial score (nSPS) is 12.1. The fraction of sp³-hybridized carbons (Fsp3) is 0.294. The van der Waals surface area contributed by atoms with Crippen molar-refractivity contribution in [1.82, 2.24) is 0 Å². The SMILES string of the molecule is NCC(CCOc1ccc(Br)cc1)Cc1ccccc1Br. The van der Waals surface area contributed by atoms with Gasteiger partial charge in [-0.3, -0.25) is 0 Å². The molecule has 1 atom stereocenters. The minimum atomic E-state index is 0.430. The Labute approximate surface area is 143 Å². The summed E-state index contributed by atoms with van der Waals surface area (Å²) in [6, 6.07) is 16.2. The van der Waals surface area contributed by atoms with Gasteiger partial charge in [0, 0.05) is 8.95 Å². The molecule has 2 nitrogen and oxygen atoms in total. The Morgan fingerprint density at radius 1 is 1.00 bits per heavy atom. The van der Waals surface area contributed by atoms with Crippen molar-refractivity contribution in [3.05, 3.63) is 63.0 Å². The highest BCUT2D eigenvalue weighted by molar-refractivity contribution is 9.10. The average Bonchev–Trinajstić information content (AvgIpc) is 2.50. The zero-order valence-corrected chi connectivity index (χ0v) is 14.9. The van der Waals surface area contributed by atoms with Gasteiger partial charge in [0.05, 0.1) is 6.61 Å². The van der Waals surface area contributed by atoms with E-state index in [-0.39, 0.29) is 0 Å². The maximum atomic E-state index is 5.89. The molecule has 0 saturated carbocycles. The molecular formula is C17H19Br2NO. The summed E-state index contributed by atoms with van der Waals surface area (Å²) in [5.41, 5.74) is 7.20. The molecular weight excluding hydrogens is 394 g/mol. The van der Waals surface area contributed by atoms with Gasteiger partial charge in [-0.15, -0.1) is 0 Å². The fourth-order valence-corrected chi connectivity index (χ4v) is 2.86. The summed E-state index contributed by atoms with van der Waals surface area (Å²) in [5, 5.41) is 0. The Kier molecular flexibility index (Phi) is 6.74. The average molecular weight is 413 g/mol. The van der Waals surface area contributed by atoms with E-state index >= 15 is 0 Å². The maximum absolute atomic E-state index is 5.89. The molecule has 0 fully saturated rings. The molecule has 2 aromatic rings. The molecule has 0 bridgehead atoms. The first-order valence-electron chi connectivity index (χ1n) is 7.01. The van der Waals surface area contributed by atoms with Crippen LogP contribution in [0.1, 0.15) is 12.0 Å². The number of benzene rings is 2. The largest absolute Gasteiger partial charge is 0.494 e. The molecule has 21 heavy (non-hydrogen) atoms. The van der Waals surface area contributed by atoms with Crippen LogP contribution in [0.3, 0.4) is 0 Å². The lowest BCUT2D eigenvalue weighted by molar-refractivity contribution is 0.278. The zero-order valence-electron chi connectivity index (χ0n) is 11.8. The topological polar surface area (TPSA) is 35.2 Å². The third-order valence-corrected chi connectivity index (χ3v) is 4.71. The van der Waals surface area contributed by atoms with Crippen LogP contribution >= 0.6 is 31.9 Å². The minimum absolute atomic E-state index is 0.430. The molecule has 0 aromatic heterocycles. The number of hydrogen-bond acceptors (Lipinski definition) is 2. The van der Waals surface area contributed by atoms with E-state index in [2.05, 4.69) is 50.1 Å². The lowest BCUT2D eigenvalue weighted by Crippen LogP contribution is -2.19. The molecule has 0 heterocycles. The van der Waals surface area contributed by atoms with Gasteiger partial charge in [-0.05, 0) is 61.2 Å². The molecule has 2 N–H and O–H groups in total. The fourth-order valence-electron chi connectivity index (χ4n) is 2.15. The third kappa shape index (κ3) is 5.46. The van der Waals surface area contributed by atoms with Crippen molar-refractivity contribution in [3.63, 3.8) is 0 Å². The number of ether oxygens (including phenoxy) is 1. The van der Waals surface area contributed by atoms with Crippen LogP contribution in [0, 0.1) is 5.92 Å². The standard InChI is InChI=1S/C17H19Br2NO/c18-15-5-7-16(8-6-15)21-10-9-13(12-20)11-14-3-1-2-4-17(14)19/h1-8,13H,9-12,20H2. The summed E-state index contributed by atoms with van der Waals surface area (Å²) in [5.74, 6) is 1.33. The molecule has 112 valence electrons. The highest BCUT2D eigenvalue weighted by Crippen LogP contribution is 2.21. The highest BCUT2D eigenvalue weighted by atomic mass is 79.9. The third-order valence-electron chi connectivity index (χ3n) is 3.41. The van der Waals surface area contributed by atoms with Crippen LogP contribution in [-0.2, 0) is 6.42 Å². The lowest BCUT2D eigenvalue weighted by Gasteiger charge is -2.16. The number of hydrogen-bond donors (Lipinski definition) is 1. The van der Waals surface area contributed by atoms with Gasteiger partial charge in [-0.25, -0.2) is 0 Å². The summed E-state index contributed by atoms with van der Waals surface area (Å²) in [6.45, 7) is 1.36. The zero-order chi connectivity index (χ0) is 15.1. The first kappa shape index (κ1) is 16.5. The molecule has 2 rings (SSSR count). The monoisotopic (exact) mass is 411 g/mol. The first-order valence-corrected chi connectivity index (χ1v) is 8.59. The van der Waals surface area contributed by atoms with E-state index in [0.717, 1.165) is 27.5 Å². The molecule has 0 aliphatic heterocycles. The van der Waals surface area contributed by atoms with E-state index in [4.69, 9.17) is 10.5 Å². The summed E-state index contributed by atoms with van der Waals surface area (Å²) < 4.78 is 7.98. The van der Waals surface area contributed by atoms with E-state index in [1.165, 1.54) is 5.56 Å². The maximum Gasteiger partial charge on any atom is 0.119 e. The molecule has 1 unspecified atom stereocenters. The van der Waals surface area contributed by atoms with Crippen LogP contribution in [0.25, 0.3) is 0 Å². The quantitative estimate of drug-likeness (QED) is 0.708. The molecule has 0 spiro atoms. The van der Waals surface area contributed by atoms with E-state index < -0.39 is 0 Å². The summed E-state index contributed by atoms with van der Waals surface area (Å²) >= 11 is 7.00. The molecule has 0 aliphatic rings. The number of halogens is 2. The van der Waals surface area contributed by atoms with Gasteiger partial charge in [0.2, 0.25) is 0 Å². The molecule has 4 heteroatoms. The molecule has 0 amide bonds. The van der Waals surface area contributed by atoms with Crippen molar-refractivity contribution < 1.29 is 4.74 Å². The summed E-state index contributed by atoms with van der Waals surface area (Å²) in [4.78, 5) is 0. The predicted octanol–water partition coefficient (Wildman–Crippen LogP) is 4.80. The van der Waals surface area contributed by atoms with Gasteiger partial charge in [-0.1, -0.05) is 50.1 Å². The molecule has 0 aliphatic carbocycles. The molecule has 2 aromatic carbocycles. The Balaban J connectivity index is 1.82. The lowest BCUT2D eigenvalue weighted by atomic mass is 9.97. The van der Waals surface area contributed by atoms with Crippen molar-refractivity contribution in [2.45, 2.75) is 12.8 Å². The van der Waals surface area contributed by atoms with Crippen LogP contribution in [0.2, 0.25) is 0 Å². The van der Waals surface area contributed by atoms with Crippen molar-refractivity contribution in [2.75, 3.05) is 13.2 Å². The Hall–Kier alpha value is -0.840. The summed E-state index contributed by atoms with van der Waals surface area (Å²) in [7, 11) is 0. The second-order valence-electron chi connectivity index (χ2n) is 4.99. The minimum Gasteiger partial charge on any atom is -0.494 e. The Morgan fingerprint density at radius 3 is 2.38 bits per heavy atom. The molecule has 0 saturated heterocycles. The number of rotatable bonds is 7. The second kappa shape index (κ2) is 8.57. The van der Waals surface area contributed by atoms with Crippen LogP contribution in [0.5, 0.6) is 5.75 Å². The van der Waals surface area contributed by atoms with Gasteiger partial charge in [-0.2, -0.15) is 0 Å². The Morgan fingerprint density at radius 2 is 1.71 bits per heavy atom. The van der Waals surface area contributed by atoms with Gasteiger partial charge < -0.3 is 10.5 Å². The Bertz CT molecular complexity index is 557. The predicted molar refractivity (Wildman–Crippen MR) is 94.6 cm³/mol. The van der Waals surface area contributed by atoms with E-state index in [1.54, 1.807) is 0 Å². The van der Waals surface area contributed by atoms with E-state index in [1.807, 2.05) is 30.3 Å². The van der Waals surface area contributed by atoms with E-state index in [0.29, 0.717) is 19.1 Å². The van der Waals surface area contributed by atoms with Crippen molar-refractivity contribution in [2.24, 2.45) is 11.7 Å². The van der Waals surface area contributed by atoms with Crippen LogP contribution in [-0.4, -0.2) is 13.2 Å². The van der Waals surface area contributed by atoms with Crippen molar-refractivity contribution in [1.29, 1.82) is 0 Å².